The van der Waals surface area contributed by atoms with Gasteiger partial charge in [0.25, 0.3) is 0 Å². The quantitative estimate of drug-likeness (QED) is 0.851. The van der Waals surface area contributed by atoms with Gasteiger partial charge in [-0.25, -0.2) is 4.98 Å². The Hall–Kier alpha value is -0.870. The summed E-state index contributed by atoms with van der Waals surface area (Å²) in [5.41, 5.74) is 6.29. The molecule has 0 unspecified atom stereocenters. The van der Waals surface area contributed by atoms with Gasteiger partial charge in [-0.15, -0.1) is 0 Å². The Bertz CT molecular complexity index is 329. The standard InChI is InChI=1S/C12H21N3O/c1-9(2)15-6-5-14-12(15)11(13)10-4-3-7-16-8-10/h5-6,9-11H,3-4,7-8,13H2,1-2H3/t10-,11-/m0/s1. The van der Waals surface area contributed by atoms with Crippen LogP contribution < -0.4 is 5.73 Å². The maximum absolute atomic E-state index is 6.29. The van der Waals surface area contributed by atoms with Gasteiger partial charge in [-0.05, 0) is 26.7 Å². The molecule has 2 N–H and O–H groups in total. The minimum atomic E-state index is -0.00213. The third-order valence-corrected chi connectivity index (χ3v) is 3.26. The Balaban J connectivity index is 2.12. The number of nitrogens with zero attached hydrogens (tertiary/aromatic N) is 2. The molecule has 90 valence electrons. The lowest BCUT2D eigenvalue weighted by atomic mass is 9.93. The molecule has 1 saturated heterocycles. The van der Waals surface area contributed by atoms with Crippen molar-refractivity contribution in [3.8, 4) is 0 Å². The zero-order valence-corrected chi connectivity index (χ0v) is 10.1. The van der Waals surface area contributed by atoms with E-state index in [4.69, 9.17) is 10.5 Å². The van der Waals surface area contributed by atoms with Crippen molar-refractivity contribution in [1.82, 2.24) is 9.55 Å². The fourth-order valence-corrected chi connectivity index (χ4v) is 2.28. The minimum absolute atomic E-state index is 0.00213. The van der Waals surface area contributed by atoms with Crippen LogP contribution in [0.5, 0.6) is 0 Å². The summed E-state index contributed by atoms with van der Waals surface area (Å²) >= 11 is 0. The van der Waals surface area contributed by atoms with E-state index in [-0.39, 0.29) is 6.04 Å². The molecule has 1 aliphatic heterocycles. The van der Waals surface area contributed by atoms with Crippen LogP contribution in [0, 0.1) is 5.92 Å². The molecule has 0 radical (unpaired) electrons. The van der Waals surface area contributed by atoms with E-state index < -0.39 is 0 Å². The zero-order chi connectivity index (χ0) is 11.5. The van der Waals surface area contributed by atoms with Gasteiger partial charge in [0.2, 0.25) is 0 Å². The van der Waals surface area contributed by atoms with Crippen molar-refractivity contribution in [2.24, 2.45) is 11.7 Å². The largest absolute Gasteiger partial charge is 0.381 e. The molecule has 1 fully saturated rings. The monoisotopic (exact) mass is 223 g/mol. The maximum atomic E-state index is 6.29. The molecule has 0 aromatic carbocycles. The molecule has 0 saturated carbocycles. The van der Waals surface area contributed by atoms with E-state index in [2.05, 4.69) is 23.4 Å². The van der Waals surface area contributed by atoms with Crippen LogP contribution in [0.1, 0.15) is 44.6 Å². The molecule has 4 heteroatoms. The number of nitrogens with two attached hydrogens (primary N) is 1. The van der Waals surface area contributed by atoms with Gasteiger partial charge < -0.3 is 15.0 Å². The second kappa shape index (κ2) is 4.97. The number of hydrogen-bond donors (Lipinski definition) is 1. The highest BCUT2D eigenvalue weighted by atomic mass is 16.5. The molecule has 16 heavy (non-hydrogen) atoms. The van der Waals surface area contributed by atoms with E-state index in [0.29, 0.717) is 12.0 Å². The highest BCUT2D eigenvalue weighted by Crippen LogP contribution is 2.27. The van der Waals surface area contributed by atoms with Gasteiger partial charge in [0.1, 0.15) is 5.82 Å². The molecule has 1 aliphatic rings. The summed E-state index contributed by atoms with van der Waals surface area (Å²) in [5, 5.41) is 0. The van der Waals surface area contributed by atoms with E-state index in [1.54, 1.807) is 0 Å². The van der Waals surface area contributed by atoms with Gasteiger partial charge in [-0.3, -0.25) is 0 Å². The average molecular weight is 223 g/mol. The molecule has 1 aromatic heterocycles. The number of imidazole rings is 1. The Labute approximate surface area is 96.8 Å². The van der Waals surface area contributed by atoms with Crippen LogP contribution in [0.25, 0.3) is 0 Å². The smallest absolute Gasteiger partial charge is 0.126 e. The predicted octanol–water partition coefficient (Wildman–Crippen LogP) is 1.89. The third kappa shape index (κ3) is 2.28. The third-order valence-electron chi connectivity index (χ3n) is 3.26. The fourth-order valence-electron chi connectivity index (χ4n) is 2.28. The number of hydrogen-bond acceptors (Lipinski definition) is 3. The van der Waals surface area contributed by atoms with E-state index in [1.165, 1.54) is 0 Å². The van der Waals surface area contributed by atoms with Crippen LogP contribution in [0.2, 0.25) is 0 Å². The molecule has 2 rings (SSSR count). The second-order valence-corrected chi connectivity index (χ2v) is 4.79. The molecule has 0 spiro atoms. The predicted molar refractivity (Wildman–Crippen MR) is 63.1 cm³/mol. The summed E-state index contributed by atoms with van der Waals surface area (Å²) in [6.45, 7) is 5.94. The minimum Gasteiger partial charge on any atom is -0.381 e. The van der Waals surface area contributed by atoms with Crippen molar-refractivity contribution < 1.29 is 4.74 Å². The first kappa shape index (κ1) is 11.6. The number of aromatic nitrogens is 2. The second-order valence-electron chi connectivity index (χ2n) is 4.79. The van der Waals surface area contributed by atoms with E-state index in [0.717, 1.165) is 31.9 Å². The first-order chi connectivity index (χ1) is 7.70. The topological polar surface area (TPSA) is 53.1 Å². The average Bonchev–Trinajstić information content (AvgIpc) is 2.78. The SMILES string of the molecule is CC(C)n1ccnc1[C@@H](N)[C@H]1CCCOC1. The van der Waals surface area contributed by atoms with E-state index in [1.807, 2.05) is 12.4 Å². The van der Waals surface area contributed by atoms with Crippen LogP contribution in [0.3, 0.4) is 0 Å². The Morgan fingerprint density at radius 2 is 2.38 bits per heavy atom. The molecular weight excluding hydrogens is 202 g/mol. The maximum Gasteiger partial charge on any atom is 0.126 e. The lowest BCUT2D eigenvalue weighted by Gasteiger charge is -2.28. The van der Waals surface area contributed by atoms with Crippen LogP contribution >= 0.6 is 0 Å². The lowest BCUT2D eigenvalue weighted by molar-refractivity contribution is 0.0430. The van der Waals surface area contributed by atoms with E-state index >= 15 is 0 Å². The lowest BCUT2D eigenvalue weighted by Crippen LogP contribution is -2.31. The number of ether oxygens (including phenoxy) is 1. The molecule has 0 aliphatic carbocycles. The van der Waals surface area contributed by atoms with Crippen molar-refractivity contribution in [3.63, 3.8) is 0 Å². The molecule has 2 atom stereocenters. The van der Waals surface area contributed by atoms with Crippen LogP contribution in [-0.2, 0) is 4.74 Å². The first-order valence-corrected chi connectivity index (χ1v) is 6.06. The highest BCUT2D eigenvalue weighted by molar-refractivity contribution is 5.02. The Kier molecular flexibility index (Phi) is 3.61. The summed E-state index contributed by atoms with van der Waals surface area (Å²) < 4.78 is 7.64. The van der Waals surface area contributed by atoms with Crippen molar-refractivity contribution in [2.75, 3.05) is 13.2 Å². The molecular formula is C12H21N3O. The van der Waals surface area contributed by atoms with Crippen LogP contribution in [0.15, 0.2) is 12.4 Å². The van der Waals surface area contributed by atoms with Crippen molar-refractivity contribution in [2.45, 2.75) is 38.8 Å². The molecule has 0 bridgehead atoms. The Morgan fingerprint density at radius 3 is 3.00 bits per heavy atom. The van der Waals surface area contributed by atoms with Gasteiger partial charge in [0, 0.05) is 31.0 Å². The van der Waals surface area contributed by atoms with Gasteiger partial charge in [-0.1, -0.05) is 0 Å². The fraction of sp³-hybridized carbons (Fsp3) is 0.750. The first-order valence-electron chi connectivity index (χ1n) is 6.06. The molecule has 1 aromatic rings. The molecule has 4 nitrogen and oxygen atoms in total. The van der Waals surface area contributed by atoms with Crippen molar-refractivity contribution in [3.05, 3.63) is 18.2 Å². The summed E-state index contributed by atoms with van der Waals surface area (Å²) in [4.78, 5) is 4.39. The van der Waals surface area contributed by atoms with Crippen LogP contribution in [0.4, 0.5) is 0 Å². The van der Waals surface area contributed by atoms with Crippen molar-refractivity contribution >= 4 is 0 Å². The van der Waals surface area contributed by atoms with E-state index in [9.17, 15) is 0 Å². The summed E-state index contributed by atoms with van der Waals surface area (Å²) in [6.07, 6.45) is 6.09. The Morgan fingerprint density at radius 1 is 1.56 bits per heavy atom. The zero-order valence-electron chi connectivity index (χ0n) is 10.1. The highest BCUT2D eigenvalue weighted by Gasteiger charge is 2.25. The normalized spacial score (nSPS) is 23.6. The summed E-state index contributed by atoms with van der Waals surface area (Å²) in [6, 6.07) is 0.408. The van der Waals surface area contributed by atoms with Crippen LogP contribution in [-0.4, -0.2) is 22.8 Å². The van der Waals surface area contributed by atoms with Gasteiger partial charge >= 0.3 is 0 Å². The van der Waals surface area contributed by atoms with Gasteiger partial charge in [-0.2, -0.15) is 0 Å². The molecule has 0 amide bonds. The molecule has 2 heterocycles. The summed E-state index contributed by atoms with van der Waals surface area (Å²) in [7, 11) is 0. The summed E-state index contributed by atoms with van der Waals surface area (Å²) in [5.74, 6) is 1.40. The van der Waals surface area contributed by atoms with Gasteiger partial charge in [0.05, 0.1) is 12.6 Å². The van der Waals surface area contributed by atoms with Crippen molar-refractivity contribution in [1.29, 1.82) is 0 Å². The number of rotatable bonds is 3. The van der Waals surface area contributed by atoms with Gasteiger partial charge in [0.15, 0.2) is 0 Å².